The summed E-state index contributed by atoms with van der Waals surface area (Å²) in [6.45, 7) is 3.43. The second-order valence-electron chi connectivity index (χ2n) is 9.30. The van der Waals surface area contributed by atoms with Crippen LogP contribution in [-0.4, -0.2) is 89.4 Å². The molecule has 0 radical (unpaired) electrons. The molecule has 1 unspecified atom stereocenters. The number of carboxylic acids is 3. The summed E-state index contributed by atoms with van der Waals surface area (Å²) in [6.07, 6.45) is 0.286. The normalized spacial score (nSPS) is 14.7. The molecular formula is C28H37NO11. The molecule has 1 aliphatic heterocycles. The van der Waals surface area contributed by atoms with E-state index in [9.17, 15) is 14.4 Å². The Morgan fingerprint density at radius 1 is 0.900 bits per heavy atom. The highest BCUT2D eigenvalue weighted by molar-refractivity contribution is 5.88. The van der Waals surface area contributed by atoms with Crippen molar-refractivity contribution in [3.63, 3.8) is 0 Å². The second-order valence-corrected chi connectivity index (χ2v) is 9.30. The van der Waals surface area contributed by atoms with Gasteiger partial charge in [-0.2, -0.15) is 0 Å². The van der Waals surface area contributed by atoms with Gasteiger partial charge in [0.2, 0.25) is 5.75 Å². The van der Waals surface area contributed by atoms with Crippen molar-refractivity contribution in [2.75, 3.05) is 34.5 Å². The molecule has 12 heteroatoms. The van der Waals surface area contributed by atoms with Gasteiger partial charge in [0.25, 0.3) is 0 Å². The highest BCUT2D eigenvalue weighted by atomic mass is 16.5. The first-order valence-corrected chi connectivity index (χ1v) is 12.6. The minimum absolute atomic E-state index is 0.302. The summed E-state index contributed by atoms with van der Waals surface area (Å²) in [4.78, 5) is 32.9. The number of aliphatic carboxylic acids is 3. The molecule has 0 spiro atoms. The predicted molar refractivity (Wildman–Crippen MR) is 143 cm³/mol. The summed E-state index contributed by atoms with van der Waals surface area (Å²) in [6, 6.07) is 14.6. The van der Waals surface area contributed by atoms with Crippen LogP contribution in [0.15, 0.2) is 42.5 Å². The van der Waals surface area contributed by atoms with Gasteiger partial charge in [0.15, 0.2) is 17.1 Å². The number of ether oxygens (including phenoxy) is 4. The smallest absolute Gasteiger partial charge is 0.336 e. The van der Waals surface area contributed by atoms with Crippen molar-refractivity contribution in [1.29, 1.82) is 0 Å². The van der Waals surface area contributed by atoms with Gasteiger partial charge < -0.3 is 39.4 Å². The first-order chi connectivity index (χ1) is 19.0. The lowest BCUT2D eigenvalue weighted by molar-refractivity contribution is -0.170. The quantitative estimate of drug-likeness (QED) is 0.265. The molecule has 4 N–H and O–H groups in total. The van der Waals surface area contributed by atoms with Crippen LogP contribution in [0.3, 0.4) is 0 Å². The number of carbonyl (C=O) groups is 3. The lowest BCUT2D eigenvalue weighted by Gasteiger charge is -2.26. The molecule has 1 aliphatic rings. The average Bonchev–Trinajstić information content (AvgIpc) is 3.41. The number of rotatable bonds is 14. The second kappa shape index (κ2) is 15.7. The molecule has 3 rings (SSSR count). The molecule has 0 aromatic heterocycles. The Balaban J connectivity index is 0.000000366. The van der Waals surface area contributed by atoms with Gasteiger partial charge in [0, 0.05) is 26.2 Å². The zero-order valence-electron chi connectivity index (χ0n) is 22.9. The fourth-order valence-electron chi connectivity index (χ4n) is 4.30. The first-order valence-electron chi connectivity index (χ1n) is 12.6. The van der Waals surface area contributed by atoms with Gasteiger partial charge in [-0.05, 0) is 36.1 Å². The summed E-state index contributed by atoms with van der Waals surface area (Å²) < 4.78 is 22.3. The maximum Gasteiger partial charge on any atom is 0.336 e. The van der Waals surface area contributed by atoms with Gasteiger partial charge in [-0.15, -0.1) is 0 Å². The van der Waals surface area contributed by atoms with Crippen LogP contribution >= 0.6 is 0 Å². The van der Waals surface area contributed by atoms with E-state index in [0.717, 1.165) is 44.6 Å². The Morgan fingerprint density at radius 2 is 1.45 bits per heavy atom. The Morgan fingerprint density at radius 3 is 1.88 bits per heavy atom. The molecule has 1 heterocycles. The number of nitrogens with zero attached hydrogens (tertiary/aromatic N) is 1. The maximum atomic E-state index is 10.3. The molecule has 0 saturated carbocycles. The summed E-state index contributed by atoms with van der Waals surface area (Å²) in [5.41, 5.74) is -0.320. The van der Waals surface area contributed by atoms with Gasteiger partial charge in [-0.25, -0.2) is 4.79 Å². The van der Waals surface area contributed by atoms with Crippen molar-refractivity contribution in [3.05, 3.63) is 53.6 Å². The molecule has 0 bridgehead atoms. The van der Waals surface area contributed by atoms with Crippen LogP contribution in [-0.2, 0) is 32.2 Å². The van der Waals surface area contributed by atoms with Gasteiger partial charge >= 0.3 is 17.9 Å². The van der Waals surface area contributed by atoms with Crippen LogP contribution in [0.25, 0.3) is 0 Å². The van der Waals surface area contributed by atoms with E-state index in [2.05, 4.69) is 29.2 Å². The molecule has 2 aromatic rings. The van der Waals surface area contributed by atoms with Gasteiger partial charge in [0.1, 0.15) is 0 Å². The number of aliphatic hydroxyl groups is 1. The highest BCUT2D eigenvalue weighted by Crippen LogP contribution is 2.38. The minimum Gasteiger partial charge on any atom is -0.493 e. The predicted octanol–water partition coefficient (Wildman–Crippen LogP) is 2.65. The molecule has 1 atom stereocenters. The van der Waals surface area contributed by atoms with E-state index in [0.29, 0.717) is 23.4 Å². The van der Waals surface area contributed by atoms with E-state index < -0.39 is 36.4 Å². The summed E-state index contributed by atoms with van der Waals surface area (Å²) >= 11 is 0. The third kappa shape index (κ3) is 10.0. The molecule has 1 saturated heterocycles. The van der Waals surface area contributed by atoms with Crippen molar-refractivity contribution >= 4 is 17.9 Å². The molecule has 2 aromatic carbocycles. The fraction of sp³-hybridized carbons (Fsp3) is 0.464. The van der Waals surface area contributed by atoms with Crippen molar-refractivity contribution in [2.24, 2.45) is 0 Å². The van der Waals surface area contributed by atoms with Crippen molar-refractivity contribution in [1.82, 2.24) is 4.90 Å². The largest absolute Gasteiger partial charge is 0.493 e. The van der Waals surface area contributed by atoms with E-state index in [1.54, 1.807) is 21.3 Å². The molecule has 220 valence electrons. The van der Waals surface area contributed by atoms with Crippen LogP contribution in [0.2, 0.25) is 0 Å². The Bertz CT molecular complexity index is 1080. The summed E-state index contributed by atoms with van der Waals surface area (Å²) in [5.74, 6) is -3.03. The van der Waals surface area contributed by atoms with Crippen molar-refractivity contribution in [3.8, 4) is 17.2 Å². The molecule has 1 fully saturated rings. The molecule has 40 heavy (non-hydrogen) atoms. The monoisotopic (exact) mass is 563 g/mol. The van der Waals surface area contributed by atoms with Crippen LogP contribution in [0.1, 0.15) is 36.8 Å². The standard InChI is InChI=1S/C22H29NO4.C6H8O7/c1-24-20-12-18(13-21(25-2)22(20)26-3)15-23(16-19-10-7-11-27-19)14-17-8-5-4-6-9-17;7-3(8)1-6(13,5(11)12)2-4(9)10/h4-6,8-9,12-13,19H,7,10-11,14-16H2,1-3H3;13H,1-2H2,(H,7,8)(H,9,10)(H,11,12). The van der Waals surface area contributed by atoms with Crippen molar-refractivity contribution in [2.45, 2.75) is 50.5 Å². The van der Waals surface area contributed by atoms with Gasteiger partial charge in [-0.3, -0.25) is 14.5 Å². The van der Waals surface area contributed by atoms with Crippen LogP contribution in [0.4, 0.5) is 0 Å². The van der Waals surface area contributed by atoms with E-state index in [1.165, 1.54) is 5.56 Å². The zero-order chi connectivity index (χ0) is 29.7. The average molecular weight is 564 g/mol. The number of hydrogen-bond donors (Lipinski definition) is 4. The maximum absolute atomic E-state index is 10.3. The Hall–Kier alpha value is -3.87. The zero-order valence-corrected chi connectivity index (χ0v) is 22.9. The van der Waals surface area contributed by atoms with Gasteiger partial charge in [0.05, 0.1) is 40.3 Å². The van der Waals surface area contributed by atoms with Crippen LogP contribution in [0, 0.1) is 0 Å². The first kappa shape index (κ1) is 32.3. The lowest BCUT2D eigenvalue weighted by atomic mass is 9.96. The third-order valence-electron chi connectivity index (χ3n) is 6.15. The number of benzene rings is 2. The van der Waals surface area contributed by atoms with E-state index in [-0.39, 0.29) is 0 Å². The summed E-state index contributed by atoms with van der Waals surface area (Å²) in [7, 11) is 4.92. The van der Waals surface area contributed by atoms with E-state index >= 15 is 0 Å². The third-order valence-corrected chi connectivity index (χ3v) is 6.15. The number of methoxy groups -OCH3 is 3. The molecular weight excluding hydrogens is 526 g/mol. The van der Waals surface area contributed by atoms with Crippen LogP contribution in [0.5, 0.6) is 17.2 Å². The topological polar surface area (TPSA) is 172 Å². The Kier molecular flexibility index (Phi) is 12.7. The Labute approximate surface area is 232 Å². The van der Waals surface area contributed by atoms with Crippen molar-refractivity contribution < 1.29 is 53.8 Å². The number of hydrogen-bond acceptors (Lipinski definition) is 9. The van der Waals surface area contributed by atoms with E-state index in [1.807, 2.05) is 18.2 Å². The minimum atomic E-state index is -2.74. The number of carboxylic acid groups (broad SMARTS) is 3. The lowest BCUT2D eigenvalue weighted by Crippen LogP contribution is -2.42. The van der Waals surface area contributed by atoms with Crippen LogP contribution < -0.4 is 14.2 Å². The molecule has 0 amide bonds. The molecule has 0 aliphatic carbocycles. The SMILES string of the molecule is COc1cc(CN(Cc2ccccc2)CC2CCCO2)cc(OC)c1OC.O=C(O)CC(O)(CC(=O)O)C(=O)O. The van der Waals surface area contributed by atoms with Gasteiger partial charge in [-0.1, -0.05) is 30.3 Å². The summed E-state index contributed by atoms with van der Waals surface area (Å²) in [5, 5.41) is 33.8. The fourth-order valence-corrected chi connectivity index (χ4v) is 4.30. The van der Waals surface area contributed by atoms with E-state index in [4.69, 9.17) is 39.4 Å². The highest BCUT2D eigenvalue weighted by Gasteiger charge is 2.40. The molecule has 12 nitrogen and oxygen atoms in total.